The van der Waals surface area contributed by atoms with Crippen molar-refractivity contribution in [3.05, 3.63) is 93.3 Å². The fourth-order valence-corrected chi connectivity index (χ4v) is 4.89. The molecule has 3 N–H and O–H groups in total. The van der Waals surface area contributed by atoms with E-state index in [-0.39, 0.29) is 5.76 Å². The molecule has 0 unspecified atom stereocenters. The molecule has 0 amide bonds. The van der Waals surface area contributed by atoms with E-state index < -0.39 is 0 Å². The van der Waals surface area contributed by atoms with Gasteiger partial charge in [-0.3, -0.25) is 0 Å². The van der Waals surface area contributed by atoms with Gasteiger partial charge in [0.25, 0.3) is 0 Å². The maximum absolute atomic E-state index is 11.2. The topological polar surface area (TPSA) is 60.7 Å². The van der Waals surface area contributed by atoms with Crippen molar-refractivity contribution >= 4 is 0 Å². The first-order chi connectivity index (χ1) is 15.7. The molecule has 33 heavy (non-hydrogen) atoms. The van der Waals surface area contributed by atoms with E-state index in [0.717, 1.165) is 33.4 Å². The number of benzene rings is 2. The molecule has 0 radical (unpaired) electrons. The molecule has 0 aromatic heterocycles. The maximum atomic E-state index is 11.2. The van der Waals surface area contributed by atoms with Gasteiger partial charge in [0.05, 0.1) is 0 Å². The molecule has 0 bridgehead atoms. The standard InChI is InChI=1S/C30H38O3/c1-19(2)28(31)20(3)10-9-13-25-17-26(24-11-7-6-8-12-24)18-27(30(25)33)16-23-14-21(4)29(32)22(5)15-23/h9-10,14-15,17-18,24,31-33H,1,6-8,11-13,16H2,2-5H3/b10-9+,28-20+. The molecule has 0 aliphatic heterocycles. The van der Waals surface area contributed by atoms with Crippen LogP contribution in [0.3, 0.4) is 0 Å². The van der Waals surface area contributed by atoms with E-state index in [0.29, 0.717) is 35.8 Å². The Hall–Kier alpha value is -2.94. The van der Waals surface area contributed by atoms with Crippen LogP contribution in [-0.2, 0) is 12.8 Å². The molecule has 0 atom stereocenters. The molecule has 2 aromatic carbocycles. The van der Waals surface area contributed by atoms with E-state index in [2.05, 4.69) is 18.7 Å². The number of phenols is 2. The third-order valence-electron chi connectivity index (χ3n) is 6.80. The smallest absolute Gasteiger partial charge is 0.122 e. The number of hydrogen-bond donors (Lipinski definition) is 3. The fraction of sp³-hybridized carbons (Fsp3) is 0.400. The molecule has 2 aromatic rings. The molecule has 3 rings (SSSR count). The summed E-state index contributed by atoms with van der Waals surface area (Å²) in [5, 5.41) is 31.4. The van der Waals surface area contributed by atoms with Gasteiger partial charge in [-0.2, -0.15) is 0 Å². The van der Waals surface area contributed by atoms with Gasteiger partial charge >= 0.3 is 0 Å². The Labute approximate surface area is 198 Å². The first-order valence-electron chi connectivity index (χ1n) is 12.0. The lowest BCUT2D eigenvalue weighted by molar-refractivity contribution is 0.419. The van der Waals surface area contributed by atoms with Crippen LogP contribution in [0.2, 0.25) is 0 Å². The Kier molecular flexibility index (Phi) is 8.07. The van der Waals surface area contributed by atoms with Crippen LogP contribution in [0.5, 0.6) is 11.5 Å². The highest BCUT2D eigenvalue weighted by atomic mass is 16.3. The van der Waals surface area contributed by atoms with Crippen molar-refractivity contribution in [2.75, 3.05) is 0 Å². The lowest BCUT2D eigenvalue weighted by Gasteiger charge is -2.24. The third-order valence-corrected chi connectivity index (χ3v) is 6.80. The predicted molar refractivity (Wildman–Crippen MR) is 137 cm³/mol. The summed E-state index contributed by atoms with van der Waals surface area (Å²) in [6.07, 6.45) is 11.3. The quantitative estimate of drug-likeness (QED) is 0.300. The van der Waals surface area contributed by atoms with Crippen molar-refractivity contribution in [1.29, 1.82) is 0 Å². The van der Waals surface area contributed by atoms with Gasteiger partial charge in [-0.1, -0.05) is 62.3 Å². The zero-order chi connectivity index (χ0) is 24.1. The average Bonchev–Trinajstić information content (AvgIpc) is 2.79. The van der Waals surface area contributed by atoms with E-state index in [1.807, 2.05) is 45.1 Å². The largest absolute Gasteiger partial charge is 0.507 e. The molecular weight excluding hydrogens is 408 g/mol. The number of hydrogen-bond acceptors (Lipinski definition) is 3. The molecule has 1 aliphatic carbocycles. The van der Waals surface area contributed by atoms with Crippen molar-refractivity contribution in [3.63, 3.8) is 0 Å². The lowest BCUT2D eigenvalue weighted by atomic mass is 9.82. The summed E-state index contributed by atoms with van der Waals surface area (Å²) in [6, 6.07) is 8.37. The number of phenolic OH excluding ortho intramolecular Hbond substituents is 2. The van der Waals surface area contributed by atoms with Gasteiger partial charge in [-0.25, -0.2) is 0 Å². The molecular formula is C30H38O3. The van der Waals surface area contributed by atoms with Crippen molar-refractivity contribution in [2.45, 2.75) is 78.6 Å². The van der Waals surface area contributed by atoms with Gasteiger partial charge in [0.2, 0.25) is 0 Å². The van der Waals surface area contributed by atoms with Gasteiger partial charge in [0.1, 0.15) is 17.3 Å². The highest BCUT2D eigenvalue weighted by Crippen LogP contribution is 2.37. The van der Waals surface area contributed by atoms with E-state index >= 15 is 0 Å². The highest BCUT2D eigenvalue weighted by molar-refractivity contribution is 5.50. The van der Waals surface area contributed by atoms with Crippen molar-refractivity contribution in [3.8, 4) is 11.5 Å². The van der Waals surface area contributed by atoms with Gasteiger partial charge in [-0.05, 0) is 97.4 Å². The van der Waals surface area contributed by atoms with Crippen LogP contribution >= 0.6 is 0 Å². The van der Waals surface area contributed by atoms with Gasteiger partial charge in [0.15, 0.2) is 0 Å². The Balaban J connectivity index is 1.96. The molecule has 0 saturated heterocycles. The monoisotopic (exact) mass is 446 g/mol. The molecule has 0 spiro atoms. The number of aliphatic hydroxyl groups is 1. The fourth-order valence-electron chi connectivity index (χ4n) is 4.89. The summed E-state index contributed by atoms with van der Waals surface area (Å²) in [5.41, 5.74) is 7.37. The number of aliphatic hydroxyl groups excluding tert-OH is 1. The Morgan fingerprint density at radius 2 is 1.55 bits per heavy atom. The predicted octanol–water partition coefficient (Wildman–Crippen LogP) is 7.86. The SMILES string of the molecule is C=C(C)/C(O)=C(C)\C=C\Cc1cc(C2CCCCC2)cc(Cc2cc(C)c(O)c(C)c2)c1O. The van der Waals surface area contributed by atoms with Crippen LogP contribution in [0.25, 0.3) is 0 Å². The third kappa shape index (κ3) is 6.10. The summed E-state index contributed by atoms with van der Waals surface area (Å²) in [4.78, 5) is 0. The van der Waals surface area contributed by atoms with Crippen molar-refractivity contribution in [2.24, 2.45) is 0 Å². The molecule has 176 valence electrons. The normalized spacial score (nSPS) is 15.6. The molecule has 3 nitrogen and oxygen atoms in total. The van der Waals surface area contributed by atoms with Crippen LogP contribution in [0.4, 0.5) is 0 Å². The van der Waals surface area contributed by atoms with Gasteiger partial charge < -0.3 is 15.3 Å². The Morgan fingerprint density at radius 1 is 0.939 bits per heavy atom. The summed E-state index contributed by atoms with van der Waals surface area (Å²) >= 11 is 0. The number of allylic oxidation sites excluding steroid dienone is 4. The number of aryl methyl sites for hydroxylation is 2. The van der Waals surface area contributed by atoms with Crippen LogP contribution in [0.15, 0.2) is 59.9 Å². The summed E-state index contributed by atoms with van der Waals surface area (Å²) in [6.45, 7) is 11.3. The van der Waals surface area contributed by atoms with Crippen LogP contribution in [0.1, 0.15) is 85.3 Å². The molecule has 1 saturated carbocycles. The van der Waals surface area contributed by atoms with Crippen molar-refractivity contribution < 1.29 is 15.3 Å². The Morgan fingerprint density at radius 3 is 2.15 bits per heavy atom. The van der Waals surface area contributed by atoms with Crippen LogP contribution in [-0.4, -0.2) is 15.3 Å². The van der Waals surface area contributed by atoms with E-state index in [4.69, 9.17) is 0 Å². The first-order valence-corrected chi connectivity index (χ1v) is 12.0. The molecule has 1 fully saturated rings. The van der Waals surface area contributed by atoms with E-state index in [9.17, 15) is 15.3 Å². The summed E-state index contributed by atoms with van der Waals surface area (Å²) < 4.78 is 0. The summed E-state index contributed by atoms with van der Waals surface area (Å²) in [5.74, 6) is 1.43. The maximum Gasteiger partial charge on any atom is 0.122 e. The molecule has 3 heteroatoms. The van der Waals surface area contributed by atoms with E-state index in [1.165, 1.54) is 37.7 Å². The summed E-state index contributed by atoms with van der Waals surface area (Å²) in [7, 11) is 0. The number of aromatic hydroxyl groups is 2. The second-order valence-corrected chi connectivity index (χ2v) is 9.70. The lowest BCUT2D eigenvalue weighted by Crippen LogP contribution is -2.06. The zero-order valence-corrected chi connectivity index (χ0v) is 20.5. The highest BCUT2D eigenvalue weighted by Gasteiger charge is 2.19. The number of rotatable bonds is 7. The first kappa shape index (κ1) is 24.7. The van der Waals surface area contributed by atoms with Gasteiger partial charge in [-0.15, -0.1) is 0 Å². The minimum atomic E-state index is 0.213. The second-order valence-electron chi connectivity index (χ2n) is 9.70. The molecule has 0 heterocycles. The van der Waals surface area contributed by atoms with Crippen LogP contribution < -0.4 is 0 Å². The Bertz CT molecular complexity index is 1060. The molecule has 1 aliphatic rings. The second kappa shape index (κ2) is 10.8. The van der Waals surface area contributed by atoms with E-state index in [1.54, 1.807) is 6.92 Å². The van der Waals surface area contributed by atoms with Gasteiger partial charge in [0, 0.05) is 6.42 Å². The minimum Gasteiger partial charge on any atom is -0.507 e. The van der Waals surface area contributed by atoms with Crippen LogP contribution in [0, 0.1) is 13.8 Å². The minimum absolute atomic E-state index is 0.213. The average molecular weight is 447 g/mol. The van der Waals surface area contributed by atoms with Crippen molar-refractivity contribution in [1.82, 2.24) is 0 Å². The zero-order valence-electron chi connectivity index (χ0n) is 20.5.